The Morgan fingerprint density at radius 3 is 1.27 bits per heavy atom. The molecule has 0 aliphatic heterocycles. The molecule has 1 aromatic rings. The van der Waals surface area contributed by atoms with E-state index in [-0.39, 0.29) is 26.2 Å². The van der Waals surface area contributed by atoms with Gasteiger partial charge in [-0.25, -0.2) is 12.1 Å². The summed E-state index contributed by atoms with van der Waals surface area (Å²) in [6.45, 7) is 11.1. The minimum absolute atomic E-state index is 0. The molecule has 22 heavy (non-hydrogen) atoms. The molecule has 0 aliphatic carbocycles. The van der Waals surface area contributed by atoms with Crippen molar-refractivity contribution in [2.75, 3.05) is 40.8 Å². The van der Waals surface area contributed by atoms with Crippen LogP contribution in [0.15, 0.2) is 24.3 Å². The first-order valence-electron chi connectivity index (χ1n) is 8.05. The van der Waals surface area contributed by atoms with Gasteiger partial charge in [0.15, 0.2) is 0 Å². The predicted molar refractivity (Wildman–Crippen MR) is 100 cm³/mol. The maximum atomic E-state index is 3.74. The SMILES string of the molecule is CCCC[c-]1cccc1.CC[N-]C.CC[N-]C.CC[N-]C.[Zr+4]. The Kier molecular flexibility index (Phi) is 44.9. The summed E-state index contributed by atoms with van der Waals surface area (Å²) in [4.78, 5) is 0. The maximum absolute atomic E-state index is 3.74. The van der Waals surface area contributed by atoms with Crippen LogP contribution in [0.1, 0.15) is 46.1 Å². The van der Waals surface area contributed by atoms with E-state index in [1.54, 1.807) is 21.1 Å². The van der Waals surface area contributed by atoms with Gasteiger partial charge in [-0.15, -0.1) is 0 Å². The largest absolute Gasteiger partial charge is 4.00 e. The van der Waals surface area contributed by atoms with Gasteiger partial charge in [0.05, 0.1) is 0 Å². The van der Waals surface area contributed by atoms with Gasteiger partial charge in [-0.05, 0) is 0 Å². The normalized spacial score (nSPS) is 8.14. The fraction of sp³-hybridized carbons (Fsp3) is 0.722. The van der Waals surface area contributed by atoms with Gasteiger partial charge in [-0.2, -0.15) is 58.5 Å². The molecule has 0 atom stereocenters. The number of nitrogens with zero attached hydrogens (tertiary/aromatic N) is 3. The summed E-state index contributed by atoms with van der Waals surface area (Å²) in [7, 11) is 5.42. The predicted octanol–water partition coefficient (Wildman–Crippen LogP) is 5.78. The van der Waals surface area contributed by atoms with Gasteiger partial charge < -0.3 is 16.0 Å². The van der Waals surface area contributed by atoms with Gasteiger partial charge in [-0.1, -0.05) is 47.0 Å². The first-order valence-corrected chi connectivity index (χ1v) is 8.05. The zero-order chi connectivity index (χ0) is 16.8. The van der Waals surface area contributed by atoms with Crippen molar-refractivity contribution in [3.63, 3.8) is 0 Å². The number of rotatable bonds is 6. The van der Waals surface area contributed by atoms with Crippen LogP contribution in [0.25, 0.3) is 16.0 Å². The average Bonchev–Trinajstić information content (AvgIpc) is 3.07. The molecule has 0 aliphatic rings. The van der Waals surface area contributed by atoms with Crippen LogP contribution in [0.2, 0.25) is 0 Å². The molecule has 128 valence electrons. The first kappa shape index (κ1) is 30.0. The van der Waals surface area contributed by atoms with Crippen molar-refractivity contribution in [1.29, 1.82) is 0 Å². The van der Waals surface area contributed by atoms with Gasteiger partial charge >= 0.3 is 26.2 Å². The van der Waals surface area contributed by atoms with Crippen LogP contribution in [-0.4, -0.2) is 40.8 Å². The Hall–Kier alpha value is 0.113. The topological polar surface area (TPSA) is 42.3 Å². The van der Waals surface area contributed by atoms with Crippen molar-refractivity contribution < 1.29 is 26.2 Å². The van der Waals surface area contributed by atoms with Crippen molar-refractivity contribution in [2.24, 2.45) is 0 Å². The second-order valence-corrected chi connectivity index (χ2v) is 4.29. The fourth-order valence-corrected chi connectivity index (χ4v) is 0.961. The third kappa shape index (κ3) is 36.9. The molecule has 0 radical (unpaired) electrons. The van der Waals surface area contributed by atoms with Crippen molar-refractivity contribution >= 4 is 0 Å². The van der Waals surface area contributed by atoms with Crippen LogP contribution in [0, 0.1) is 0 Å². The zero-order valence-electron chi connectivity index (χ0n) is 15.9. The van der Waals surface area contributed by atoms with Gasteiger partial charge in [0.2, 0.25) is 0 Å². The average molecular weight is 387 g/mol. The summed E-state index contributed by atoms with van der Waals surface area (Å²) < 4.78 is 0. The van der Waals surface area contributed by atoms with E-state index in [0.29, 0.717) is 0 Å². The Morgan fingerprint density at radius 2 is 1.05 bits per heavy atom. The van der Waals surface area contributed by atoms with Crippen LogP contribution < -0.4 is 0 Å². The molecule has 0 aromatic heterocycles. The van der Waals surface area contributed by atoms with Crippen LogP contribution in [-0.2, 0) is 32.6 Å². The number of hydrogen-bond acceptors (Lipinski definition) is 0. The molecule has 0 fully saturated rings. The Bertz CT molecular complexity index is 211. The molecule has 0 saturated carbocycles. The fourth-order valence-electron chi connectivity index (χ4n) is 0.961. The second kappa shape index (κ2) is 32.9. The molecule has 0 heterocycles. The van der Waals surface area contributed by atoms with E-state index in [1.807, 2.05) is 20.8 Å². The van der Waals surface area contributed by atoms with Gasteiger partial charge in [0.1, 0.15) is 0 Å². The Morgan fingerprint density at radius 1 is 0.727 bits per heavy atom. The van der Waals surface area contributed by atoms with Gasteiger partial charge in [0.25, 0.3) is 0 Å². The smallest absolute Gasteiger partial charge is 0.665 e. The number of unbranched alkanes of at least 4 members (excludes halogenated alkanes) is 1. The van der Waals surface area contributed by atoms with Crippen LogP contribution in [0.3, 0.4) is 0 Å². The number of hydrogen-bond donors (Lipinski definition) is 0. The summed E-state index contributed by atoms with van der Waals surface area (Å²) in [6.07, 6.45) is 3.87. The third-order valence-corrected chi connectivity index (χ3v) is 2.50. The summed E-state index contributed by atoms with van der Waals surface area (Å²) in [6, 6.07) is 8.58. The molecule has 0 amide bonds. The van der Waals surface area contributed by atoms with Crippen LogP contribution >= 0.6 is 0 Å². The van der Waals surface area contributed by atoms with Crippen LogP contribution in [0.4, 0.5) is 0 Å². The molecule has 0 spiro atoms. The molecule has 1 aromatic carbocycles. The van der Waals surface area contributed by atoms with E-state index < -0.39 is 0 Å². The molecule has 0 bridgehead atoms. The minimum atomic E-state index is 0. The number of aryl methyl sites for hydroxylation is 1. The van der Waals surface area contributed by atoms with E-state index in [4.69, 9.17) is 0 Å². The van der Waals surface area contributed by atoms with Gasteiger partial charge in [0, 0.05) is 0 Å². The van der Waals surface area contributed by atoms with E-state index in [9.17, 15) is 0 Å². The third-order valence-electron chi connectivity index (χ3n) is 2.50. The van der Waals surface area contributed by atoms with E-state index >= 15 is 0 Å². The maximum Gasteiger partial charge on any atom is 4.00 e. The summed E-state index contributed by atoms with van der Waals surface area (Å²) >= 11 is 0. The van der Waals surface area contributed by atoms with E-state index in [0.717, 1.165) is 19.6 Å². The first-order chi connectivity index (χ1) is 10.2. The Labute approximate surface area is 159 Å². The second-order valence-electron chi connectivity index (χ2n) is 4.29. The molecule has 3 nitrogen and oxygen atoms in total. The van der Waals surface area contributed by atoms with E-state index in [2.05, 4.69) is 47.1 Å². The molecule has 0 unspecified atom stereocenters. The van der Waals surface area contributed by atoms with Crippen molar-refractivity contribution in [3.8, 4) is 0 Å². The monoisotopic (exact) mass is 385 g/mol. The minimum Gasteiger partial charge on any atom is -0.665 e. The van der Waals surface area contributed by atoms with Gasteiger partial charge in [-0.3, -0.25) is 0 Å². The molecular formula is C18H37N3Zr. The van der Waals surface area contributed by atoms with Crippen molar-refractivity contribution in [1.82, 2.24) is 0 Å². The van der Waals surface area contributed by atoms with E-state index in [1.165, 1.54) is 24.8 Å². The van der Waals surface area contributed by atoms with Crippen LogP contribution in [0.5, 0.6) is 0 Å². The quantitative estimate of drug-likeness (QED) is 0.557. The van der Waals surface area contributed by atoms with Crippen molar-refractivity contribution in [2.45, 2.75) is 47.0 Å². The zero-order valence-corrected chi connectivity index (χ0v) is 18.4. The molecule has 4 heteroatoms. The summed E-state index contributed by atoms with van der Waals surface area (Å²) in [5.74, 6) is 0. The molecular weight excluding hydrogens is 349 g/mol. The molecule has 0 N–H and O–H groups in total. The standard InChI is InChI=1S/C9H13.3C3H8N.Zr/c1-2-3-6-9-7-4-5-8-9;3*1-3-4-2;/h4-5,7-8H,2-3,6H2,1H3;3*3H2,1-2H3;/q4*-1;+4. The summed E-state index contributed by atoms with van der Waals surface area (Å²) in [5.41, 5.74) is 1.48. The molecule has 1 rings (SSSR count). The molecule has 0 saturated heterocycles. The van der Waals surface area contributed by atoms with Crippen molar-refractivity contribution in [3.05, 3.63) is 45.8 Å². The summed E-state index contributed by atoms with van der Waals surface area (Å²) in [5, 5.41) is 11.2. The Balaban J connectivity index is -0.000000107.